The largest absolute Gasteiger partial charge is 0.472 e. The number of fused-ring (bicyclic) bond motifs is 4. The third-order valence-corrected chi connectivity index (χ3v) is 21.9. The third-order valence-electron chi connectivity index (χ3n) is 17.3. The summed E-state index contributed by atoms with van der Waals surface area (Å²) in [5.74, 6) is -0.0303. The summed E-state index contributed by atoms with van der Waals surface area (Å²) in [4.78, 5) is 142. The molecule has 9 aromatic heterocycles. The number of rotatable bonds is 28. The molecule has 5 aliphatic rings. The Balaban J connectivity index is 0.675. The van der Waals surface area contributed by atoms with Gasteiger partial charge in [0.1, 0.15) is 140 Å². The summed E-state index contributed by atoms with van der Waals surface area (Å²) in [6, 6.07) is 0. The van der Waals surface area contributed by atoms with Crippen molar-refractivity contribution in [2.45, 2.75) is 131 Å². The summed E-state index contributed by atoms with van der Waals surface area (Å²) in [7, 11) is -26.9. The highest BCUT2D eigenvalue weighted by Gasteiger charge is 2.51. The van der Waals surface area contributed by atoms with Crippen LogP contribution in [0.25, 0.3) is 44.7 Å². The number of nitrogens with one attached hydrogen (secondary N) is 1. The summed E-state index contributed by atoms with van der Waals surface area (Å²) in [5.41, 5.74) is 23.7. The van der Waals surface area contributed by atoms with Crippen LogP contribution >= 0.6 is 39.1 Å². The number of hydrogen-bond acceptors (Lipinski definition) is 38. The van der Waals surface area contributed by atoms with Crippen molar-refractivity contribution >= 4 is 107 Å². The number of hydrogen-bond donors (Lipinski definition) is 12. The lowest BCUT2D eigenvalue weighted by Crippen LogP contribution is -2.33. The molecule has 0 saturated carbocycles. The average molecular weight is 1580 g/mol. The molecule has 0 bridgehead atoms. The fourth-order valence-electron chi connectivity index (χ4n) is 12.5. The minimum atomic E-state index is -5.50. The van der Waals surface area contributed by atoms with Crippen LogP contribution in [0.1, 0.15) is 68.8 Å². The number of imidazole rings is 4. The van der Waals surface area contributed by atoms with Crippen molar-refractivity contribution in [1.29, 1.82) is 0 Å². The minimum absolute atomic E-state index is 0.0142. The fourth-order valence-corrected chi connectivity index (χ4v) is 16.9. The third kappa shape index (κ3) is 16.0. The lowest BCUT2D eigenvalue weighted by molar-refractivity contribution is -0.0633. The lowest BCUT2D eigenvalue weighted by atomic mass is 10.2. The molecule has 16 N–H and O–H groups in total. The number of phosphoric ester groups is 5. The molecule has 5 fully saturated rings. The molecule has 0 amide bonds. The van der Waals surface area contributed by atoms with E-state index in [1.807, 2.05) is 0 Å². The van der Waals surface area contributed by atoms with E-state index < -0.39 is 195 Å². The van der Waals surface area contributed by atoms with Gasteiger partial charge in [0.25, 0.3) is 5.56 Å². The molecule has 0 aromatic carbocycles. The highest BCUT2D eigenvalue weighted by Crippen LogP contribution is 2.56. The van der Waals surface area contributed by atoms with Crippen LogP contribution in [0, 0.1) is 6.92 Å². The molecule has 55 heteroatoms. The highest BCUT2D eigenvalue weighted by molar-refractivity contribution is 7.48. The Bertz CT molecular complexity index is 5120. The Hall–Kier alpha value is -7.61. The van der Waals surface area contributed by atoms with Crippen LogP contribution < -0.4 is 34.2 Å². The van der Waals surface area contributed by atoms with Crippen LogP contribution in [0.4, 0.5) is 23.3 Å². The first kappa shape index (κ1) is 74.3. The van der Waals surface area contributed by atoms with Gasteiger partial charge in [0, 0.05) is 43.9 Å². The van der Waals surface area contributed by atoms with Gasteiger partial charge in [0.05, 0.1) is 58.3 Å². The number of aromatic amines is 1. The number of nitrogens with two attached hydrogens (primary N) is 4. The zero-order valence-corrected chi connectivity index (χ0v) is 58.3. The van der Waals surface area contributed by atoms with E-state index in [0.717, 1.165) is 29.7 Å². The number of nitrogens with zero attached hydrogens (tertiary/aromatic N) is 17. The van der Waals surface area contributed by atoms with Gasteiger partial charge in [-0.3, -0.25) is 73.3 Å². The van der Waals surface area contributed by atoms with E-state index in [4.69, 9.17) is 87.3 Å². The first-order chi connectivity index (χ1) is 49.8. The number of aromatic nitrogens is 18. The second-order valence-electron chi connectivity index (χ2n) is 24.1. The van der Waals surface area contributed by atoms with Crippen LogP contribution in [0.3, 0.4) is 0 Å². The number of aryl methyl sites for hydroxylation is 1. The van der Waals surface area contributed by atoms with E-state index in [0.29, 0.717) is 0 Å². The summed E-state index contributed by atoms with van der Waals surface area (Å²) in [5, 5.41) is 10.3. The van der Waals surface area contributed by atoms with Crippen molar-refractivity contribution in [3.63, 3.8) is 0 Å². The first-order valence-electron chi connectivity index (χ1n) is 31.1. The summed E-state index contributed by atoms with van der Waals surface area (Å²) < 4.78 is 155. The summed E-state index contributed by atoms with van der Waals surface area (Å²) in [6.07, 6.45) is -12.2. The number of phosphoric acid groups is 5. The Morgan fingerprint density at radius 3 is 0.971 bits per heavy atom. The van der Waals surface area contributed by atoms with Crippen LogP contribution in [0.15, 0.2) is 66.4 Å². The maximum atomic E-state index is 14.4. The Labute approximate surface area is 584 Å². The molecule has 0 aliphatic carbocycles. The van der Waals surface area contributed by atoms with Gasteiger partial charge in [-0.15, -0.1) is 0 Å². The second kappa shape index (κ2) is 29.2. The fraction of sp³-hybridized carbons (Fsp3) is 0.520. The van der Waals surface area contributed by atoms with Gasteiger partial charge >= 0.3 is 44.8 Å². The Kier molecular flexibility index (Phi) is 20.6. The Morgan fingerprint density at radius 1 is 0.419 bits per heavy atom. The molecule has 4 unspecified atom stereocenters. The number of anilines is 4. The predicted octanol–water partition coefficient (Wildman–Crippen LogP) is -0.550. The van der Waals surface area contributed by atoms with Crippen LogP contribution in [0.5, 0.6) is 0 Å². The molecule has 19 atom stereocenters. The Morgan fingerprint density at radius 2 is 0.686 bits per heavy atom. The zero-order chi connectivity index (χ0) is 74.2. The molecule has 566 valence electrons. The average Bonchev–Trinajstić information content (AvgIpc) is 1.65. The van der Waals surface area contributed by atoms with Gasteiger partial charge in [-0.05, 0) is 6.92 Å². The van der Waals surface area contributed by atoms with Crippen molar-refractivity contribution in [3.05, 3.63) is 83.2 Å². The number of aliphatic hydroxyl groups excluding tert-OH is 1. The van der Waals surface area contributed by atoms with Crippen molar-refractivity contribution in [2.75, 3.05) is 56.0 Å². The quantitative estimate of drug-likeness (QED) is 0.0274. The minimum Gasteiger partial charge on any atom is -0.394 e. The normalized spacial score (nSPS) is 29.0. The standard InChI is InChI=1S/C50H63N22O28P5/c1-21-7-68(50(75)67-49(21)74)32-3-23(96-101(76,77)78)28(92-32)9-87-103(81,82)98-25-5-35(71-19-65-39-43(53)57-15-61-47(39)71)94-30(25)11-89-105(85,86)100-26-6-36(72-20-66-40-44(54)58-16-62-48(40)72)95-31(26)12-90-104(83,84)99-24-4-34(70-18-64-38-42(52)56-14-60-46(38)70)93-29(24)10-88-102(79,80)97-22-2-33(91-27(22)8-73)69-17-63-37-41(51)55-13-59-45(37)69/h7,13-20,22-36,73H,2-6,8-12H2,1H3,(H,79,80)(H,81,82)(H,83,84)(H,85,86)(H2,51,55,59)(H2,52,56,60)(H2,53,57,61)(H2,54,58,62)(H,67,74,75)(H2,76,77,78)/t22-,23-,24-,25-,26-,27+,28+,29+,30+,31+,32+,33+,34+,35+,36+/m0/s1. The maximum Gasteiger partial charge on any atom is 0.472 e. The number of H-pyrrole nitrogens is 1. The molecular formula is C50H63N22O28P5. The van der Waals surface area contributed by atoms with E-state index in [-0.39, 0.29) is 86.3 Å². The van der Waals surface area contributed by atoms with E-state index in [1.165, 1.54) is 56.8 Å². The van der Waals surface area contributed by atoms with Gasteiger partial charge in [-0.25, -0.2) is 87.4 Å². The molecule has 9 aromatic rings. The van der Waals surface area contributed by atoms with E-state index in [2.05, 4.69) is 64.8 Å². The maximum absolute atomic E-state index is 14.4. The molecule has 5 saturated heterocycles. The monoisotopic (exact) mass is 1570 g/mol. The molecule has 5 aliphatic heterocycles. The van der Waals surface area contributed by atoms with E-state index in [1.54, 1.807) is 0 Å². The van der Waals surface area contributed by atoms with Gasteiger partial charge in [0.15, 0.2) is 45.9 Å². The molecule has 50 nitrogen and oxygen atoms in total. The summed E-state index contributed by atoms with van der Waals surface area (Å²) >= 11 is 0. The number of nitrogen functional groups attached to an aromatic ring is 4. The van der Waals surface area contributed by atoms with Crippen molar-refractivity contribution in [1.82, 2.24) is 87.6 Å². The lowest BCUT2D eigenvalue weighted by Gasteiger charge is -2.26. The van der Waals surface area contributed by atoms with Crippen molar-refractivity contribution in [2.24, 2.45) is 0 Å². The number of ether oxygens (including phenoxy) is 5. The first-order valence-corrected chi connectivity index (χ1v) is 38.6. The SMILES string of the molecule is Cc1cn([C@H]2C[C@H](OP(=O)(O)O)[C@@H](COP(=O)(O)O[C@H]3C[C@H](n4cnc5c(N)ncnc54)O[C@@H]3COP(=O)(O)O[C@H]3C[C@H](n4cnc5c(N)ncnc54)O[C@@H]3COP(=O)(O)O[C@H]3C[C@H](n4cnc5c(N)ncnc54)O[C@@H]3COP(=O)(O)O[C@H]3C[C@H](n4cnc5c(N)ncnc54)O[C@@H]3CO)O2)c(=O)[nH]c1=O. The molecule has 0 spiro atoms. The molecule has 14 rings (SSSR count). The molecule has 0 radical (unpaired) electrons. The summed E-state index contributed by atoms with van der Waals surface area (Å²) in [6.45, 7) is -3.18. The van der Waals surface area contributed by atoms with Crippen molar-refractivity contribution < 1.29 is 122 Å². The van der Waals surface area contributed by atoms with Gasteiger partial charge in [0.2, 0.25) is 0 Å². The van der Waals surface area contributed by atoms with Gasteiger partial charge < -0.3 is 81.1 Å². The van der Waals surface area contributed by atoms with Crippen LogP contribution in [0.2, 0.25) is 0 Å². The van der Waals surface area contributed by atoms with E-state index >= 15 is 0 Å². The molecule has 105 heavy (non-hydrogen) atoms. The topological polar surface area (TPSA) is 690 Å². The van der Waals surface area contributed by atoms with Gasteiger partial charge in [-0.2, -0.15) is 0 Å². The molecular weight excluding hydrogens is 1510 g/mol. The smallest absolute Gasteiger partial charge is 0.394 e. The number of aliphatic hydroxyl groups is 1. The predicted molar refractivity (Wildman–Crippen MR) is 344 cm³/mol. The second-order valence-corrected chi connectivity index (χ2v) is 30.9. The van der Waals surface area contributed by atoms with Crippen molar-refractivity contribution in [3.8, 4) is 0 Å². The van der Waals surface area contributed by atoms with E-state index in [9.17, 15) is 66.9 Å². The zero-order valence-electron chi connectivity index (χ0n) is 53.8. The van der Waals surface area contributed by atoms with Crippen LogP contribution in [-0.4, -0.2) is 216 Å². The van der Waals surface area contributed by atoms with Crippen LogP contribution in [-0.2, 0) is 87.2 Å². The highest BCUT2D eigenvalue weighted by atomic mass is 31.2. The van der Waals surface area contributed by atoms with Gasteiger partial charge in [-0.1, -0.05) is 0 Å². The molecule has 14 heterocycles.